The summed E-state index contributed by atoms with van der Waals surface area (Å²) < 4.78 is 7.63. The first kappa shape index (κ1) is 22.5. The number of aromatic nitrogens is 2. The second-order valence-corrected chi connectivity index (χ2v) is 9.08. The Morgan fingerprint density at radius 1 is 1.15 bits per heavy atom. The standard InChI is InChI=1S/C25H28N4O4/c1-25(2,3)33-24(31)28-13-9-18(10-14-28)21-22-19(8-12-26-21)11-15-29(22)16-17-4-6-20(7-5-17)23(30)27-32/h4-9,11-12,15,32H,10,13-14,16H2,1-3H3,(H,27,30). The quantitative estimate of drug-likeness (QED) is 0.460. The summed E-state index contributed by atoms with van der Waals surface area (Å²) in [5.74, 6) is -0.538. The summed E-state index contributed by atoms with van der Waals surface area (Å²) in [7, 11) is 0. The highest BCUT2D eigenvalue weighted by atomic mass is 16.6. The number of fused-ring (bicyclic) bond motifs is 1. The fourth-order valence-electron chi connectivity index (χ4n) is 3.92. The average Bonchev–Trinajstić information content (AvgIpc) is 3.21. The summed E-state index contributed by atoms with van der Waals surface area (Å²) in [5, 5.41) is 9.88. The van der Waals surface area contributed by atoms with Crippen LogP contribution >= 0.6 is 0 Å². The topological polar surface area (TPSA) is 96.7 Å². The third kappa shape index (κ3) is 5.06. The second-order valence-electron chi connectivity index (χ2n) is 9.08. The fourth-order valence-corrected chi connectivity index (χ4v) is 3.92. The van der Waals surface area contributed by atoms with Gasteiger partial charge in [0.2, 0.25) is 0 Å². The predicted molar refractivity (Wildman–Crippen MR) is 125 cm³/mol. The molecule has 33 heavy (non-hydrogen) atoms. The van der Waals surface area contributed by atoms with Gasteiger partial charge in [0.1, 0.15) is 5.60 Å². The van der Waals surface area contributed by atoms with Crippen LogP contribution in [0.2, 0.25) is 0 Å². The predicted octanol–water partition coefficient (Wildman–Crippen LogP) is 4.23. The van der Waals surface area contributed by atoms with E-state index in [1.165, 1.54) is 0 Å². The fraction of sp³-hybridized carbons (Fsp3) is 0.320. The number of carbonyl (C=O) groups is 2. The van der Waals surface area contributed by atoms with E-state index in [0.29, 0.717) is 31.6 Å². The molecule has 0 saturated heterocycles. The van der Waals surface area contributed by atoms with Gasteiger partial charge in [-0.2, -0.15) is 0 Å². The number of carbonyl (C=O) groups excluding carboxylic acids is 2. The molecule has 0 bridgehead atoms. The van der Waals surface area contributed by atoms with Gasteiger partial charge in [0, 0.05) is 43.0 Å². The molecule has 0 unspecified atom stereocenters. The van der Waals surface area contributed by atoms with E-state index in [1.54, 1.807) is 22.5 Å². The average molecular weight is 449 g/mol. The maximum absolute atomic E-state index is 12.4. The largest absolute Gasteiger partial charge is 0.444 e. The molecule has 8 nitrogen and oxygen atoms in total. The highest BCUT2D eigenvalue weighted by Crippen LogP contribution is 2.29. The van der Waals surface area contributed by atoms with Gasteiger partial charge < -0.3 is 14.2 Å². The van der Waals surface area contributed by atoms with Gasteiger partial charge >= 0.3 is 6.09 Å². The van der Waals surface area contributed by atoms with Crippen LogP contribution in [-0.2, 0) is 11.3 Å². The van der Waals surface area contributed by atoms with Gasteiger partial charge in [0.05, 0.1) is 11.2 Å². The van der Waals surface area contributed by atoms with Crippen LogP contribution in [0.5, 0.6) is 0 Å². The maximum Gasteiger partial charge on any atom is 0.410 e. The van der Waals surface area contributed by atoms with E-state index < -0.39 is 11.5 Å². The summed E-state index contributed by atoms with van der Waals surface area (Å²) in [5.41, 5.74) is 5.59. The van der Waals surface area contributed by atoms with Crippen LogP contribution in [0.25, 0.3) is 16.5 Å². The number of rotatable bonds is 4. The molecule has 3 heterocycles. The number of ether oxygens (including phenoxy) is 1. The van der Waals surface area contributed by atoms with Gasteiger partial charge in [-0.05, 0) is 62.6 Å². The number of hydrogen-bond donors (Lipinski definition) is 2. The number of hydrogen-bond acceptors (Lipinski definition) is 5. The van der Waals surface area contributed by atoms with Crippen molar-refractivity contribution >= 4 is 28.5 Å². The van der Waals surface area contributed by atoms with E-state index in [9.17, 15) is 9.59 Å². The molecule has 8 heteroatoms. The van der Waals surface area contributed by atoms with Gasteiger partial charge in [-0.1, -0.05) is 18.2 Å². The number of nitrogens with one attached hydrogen (secondary N) is 1. The van der Waals surface area contributed by atoms with Crippen LogP contribution in [0.3, 0.4) is 0 Å². The second kappa shape index (κ2) is 9.07. The van der Waals surface area contributed by atoms with Crippen molar-refractivity contribution in [1.82, 2.24) is 19.9 Å². The molecule has 0 radical (unpaired) electrons. The minimum atomic E-state index is -0.538. The normalized spacial score (nSPS) is 14.2. The Hall–Kier alpha value is -3.65. The Bertz CT molecular complexity index is 1210. The Balaban J connectivity index is 1.57. The van der Waals surface area contributed by atoms with Crippen LogP contribution in [0.4, 0.5) is 4.79 Å². The van der Waals surface area contributed by atoms with Crippen molar-refractivity contribution in [3.63, 3.8) is 0 Å². The van der Waals surface area contributed by atoms with Crippen LogP contribution in [-0.4, -0.2) is 50.3 Å². The summed E-state index contributed by atoms with van der Waals surface area (Å²) in [6.45, 7) is 7.27. The lowest BCUT2D eigenvalue weighted by atomic mass is 10.0. The van der Waals surface area contributed by atoms with Crippen molar-refractivity contribution in [2.45, 2.75) is 39.3 Å². The molecule has 0 fully saturated rings. The molecular weight excluding hydrogens is 420 g/mol. The lowest BCUT2D eigenvalue weighted by Crippen LogP contribution is -2.39. The van der Waals surface area contributed by atoms with Crippen LogP contribution < -0.4 is 5.48 Å². The minimum absolute atomic E-state index is 0.300. The molecular formula is C25H28N4O4. The van der Waals surface area contributed by atoms with E-state index in [4.69, 9.17) is 9.94 Å². The Labute approximate surface area is 192 Å². The number of benzene rings is 1. The summed E-state index contributed by atoms with van der Waals surface area (Å²) >= 11 is 0. The smallest absolute Gasteiger partial charge is 0.410 e. The molecule has 0 spiro atoms. The van der Waals surface area contributed by atoms with E-state index in [2.05, 4.69) is 21.7 Å². The zero-order valence-electron chi connectivity index (χ0n) is 19.0. The number of hydroxylamine groups is 1. The molecule has 1 aromatic carbocycles. The Morgan fingerprint density at radius 2 is 1.91 bits per heavy atom. The summed E-state index contributed by atoms with van der Waals surface area (Å²) in [4.78, 5) is 30.3. The highest BCUT2D eigenvalue weighted by Gasteiger charge is 2.25. The zero-order valence-corrected chi connectivity index (χ0v) is 19.0. The molecule has 172 valence electrons. The van der Waals surface area contributed by atoms with Gasteiger partial charge in [0.15, 0.2) is 0 Å². The Morgan fingerprint density at radius 3 is 2.55 bits per heavy atom. The van der Waals surface area contributed by atoms with Gasteiger partial charge in [-0.25, -0.2) is 10.3 Å². The first-order valence-electron chi connectivity index (χ1n) is 10.9. The van der Waals surface area contributed by atoms with Crippen molar-refractivity contribution in [1.29, 1.82) is 0 Å². The molecule has 1 aliphatic heterocycles. The van der Waals surface area contributed by atoms with E-state index >= 15 is 0 Å². The molecule has 4 rings (SSSR count). The minimum Gasteiger partial charge on any atom is -0.444 e. The molecule has 2 N–H and O–H groups in total. The molecule has 0 aliphatic carbocycles. The summed E-state index contributed by atoms with van der Waals surface area (Å²) in [6.07, 6.45) is 6.29. The summed E-state index contributed by atoms with van der Waals surface area (Å²) in [6, 6.07) is 11.1. The zero-order chi connectivity index (χ0) is 23.6. The molecule has 2 aromatic heterocycles. The van der Waals surface area contributed by atoms with Crippen LogP contribution in [0, 0.1) is 0 Å². The third-order valence-electron chi connectivity index (χ3n) is 5.51. The van der Waals surface area contributed by atoms with Crippen molar-refractivity contribution in [2.24, 2.45) is 0 Å². The van der Waals surface area contributed by atoms with Crippen LogP contribution in [0.15, 0.2) is 54.9 Å². The molecule has 0 atom stereocenters. The monoisotopic (exact) mass is 448 g/mol. The lowest BCUT2D eigenvalue weighted by Gasteiger charge is -2.29. The van der Waals surface area contributed by atoms with Gasteiger partial charge in [0.25, 0.3) is 5.91 Å². The first-order valence-corrected chi connectivity index (χ1v) is 10.9. The van der Waals surface area contributed by atoms with Gasteiger partial charge in [-0.3, -0.25) is 15.0 Å². The maximum atomic E-state index is 12.4. The van der Waals surface area contributed by atoms with Crippen molar-refractivity contribution < 1.29 is 19.5 Å². The van der Waals surface area contributed by atoms with Crippen molar-refractivity contribution in [3.8, 4) is 0 Å². The molecule has 2 amide bonds. The van der Waals surface area contributed by atoms with Gasteiger partial charge in [-0.15, -0.1) is 0 Å². The van der Waals surface area contributed by atoms with E-state index in [1.807, 2.05) is 51.4 Å². The third-order valence-corrected chi connectivity index (χ3v) is 5.51. The highest BCUT2D eigenvalue weighted by molar-refractivity contribution is 5.93. The van der Waals surface area contributed by atoms with Crippen LogP contribution in [0.1, 0.15) is 48.8 Å². The Kier molecular flexibility index (Phi) is 6.20. The number of nitrogens with zero attached hydrogens (tertiary/aromatic N) is 3. The molecule has 0 saturated carbocycles. The number of amides is 2. The van der Waals surface area contributed by atoms with Crippen molar-refractivity contribution in [3.05, 3.63) is 71.7 Å². The first-order chi connectivity index (χ1) is 15.7. The molecule has 3 aromatic rings. The van der Waals surface area contributed by atoms with E-state index in [0.717, 1.165) is 27.7 Å². The SMILES string of the molecule is CC(C)(C)OC(=O)N1CC=C(c2nccc3ccn(Cc4ccc(C(=O)NO)cc4)c23)CC1. The van der Waals surface area contributed by atoms with Crippen molar-refractivity contribution in [2.75, 3.05) is 13.1 Å². The molecule has 1 aliphatic rings. The lowest BCUT2D eigenvalue weighted by molar-refractivity contribution is 0.0270. The number of pyridine rings is 1. The van der Waals surface area contributed by atoms with E-state index in [-0.39, 0.29) is 6.09 Å².